The zero-order valence-corrected chi connectivity index (χ0v) is 17.6. The molecule has 0 saturated heterocycles. The van der Waals surface area contributed by atoms with Crippen molar-refractivity contribution in [2.24, 2.45) is 0 Å². The van der Waals surface area contributed by atoms with E-state index in [1.165, 1.54) is 16.8 Å². The second-order valence-corrected chi connectivity index (χ2v) is 7.44. The number of methoxy groups -OCH3 is 1. The molecule has 0 saturated carbocycles. The van der Waals surface area contributed by atoms with Gasteiger partial charge in [0, 0.05) is 6.42 Å². The van der Waals surface area contributed by atoms with Crippen LogP contribution in [0.3, 0.4) is 0 Å². The third-order valence-corrected chi connectivity index (χ3v) is 5.31. The fourth-order valence-corrected chi connectivity index (χ4v) is 3.59. The Balaban J connectivity index is 1.78. The molecule has 0 aliphatic rings. The number of halogens is 3. The number of H-pyrrole nitrogens is 1. The largest absolute Gasteiger partial charge is 0.497 e. The Labute approximate surface area is 186 Å². The first kappa shape index (κ1) is 22.1. The van der Waals surface area contributed by atoms with E-state index in [0.717, 1.165) is 17.7 Å². The van der Waals surface area contributed by atoms with E-state index in [2.05, 4.69) is 15.1 Å². The molecule has 4 rings (SSSR count). The molecule has 1 N–H and O–H groups in total. The van der Waals surface area contributed by atoms with E-state index in [9.17, 15) is 23.2 Å². The van der Waals surface area contributed by atoms with Gasteiger partial charge in [0.05, 0.1) is 18.7 Å². The lowest BCUT2D eigenvalue weighted by atomic mass is 10.1. The maximum absolute atomic E-state index is 12.9. The maximum Gasteiger partial charge on any atom is 0.416 e. The molecular weight excluding hydrogens is 435 g/mol. The summed E-state index contributed by atoms with van der Waals surface area (Å²) >= 11 is 0. The van der Waals surface area contributed by atoms with E-state index in [0.29, 0.717) is 23.6 Å². The standard InChI is InChI=1S/C23H18F3N5O2/c1-13(15-6-8-16(9-7-15)23(24,25)26)31-21-20(18(12-27)30-31)22(32)29-19(28-21)11-14-4-3-5-17(10-14)33-2/h3-10,13H,11H2,1-2H3,(H,28,29,32)/t13-/m1/s1. The number of nitrogens with zero attached hydrogens (tertiary/aromatic N) is 4. The SMILES string of the molecule is COc1cccc(Cc2nc3c(c(C#N)nn3[C@H](C)c3ccc(C(F)(F)F)cc3)c(=O)[nH]2)c1. The molecule has 2 aromatic heterocycles. The van der Waals surface area contributed by atoms with Crippen LogP contribution in [0.1, 0.15) is 41.2 Å². The molecule has 0 aliphatic carbocycles. The molecule has 0 aliphatic heterocycles. The topological polar surface area (TPSA) is 96.6 Å². The predicted octanol–water partition coefficient (Wildman–Crippen LogP) is 4.22. The van der Waals surface area contributed by atoms with Crippen molar-refractivity contribution in [3.05, 3.63) is 87.1 Å². The van der Waals surface area contributed by atoms with Crippen LogP contribution >= 0.6 is 0 Å². The van der Waals surface area contributed by atoms with Gasteiger partial charge in [-0.3, -0.25) is 4.79 Å². The minimum atomic E-state index is -4.45. The Morgan fingerprint density at radius 1 is 1.21 bits per heavy atom. The predicted molar refractivity (Wildman–Crippen MR) is 114 cm³/mol. The Morgan fingerprint density at radius 3 is 2.58 bits per heavy atom. The van der Waals surface area contributed by atoms with Crippen LogP contribution < -0.4 is 10.3 Å². The number of ether oxygens (including phenoxy) is 1. The summed E-state index contributed by atoms with van der Waals surface area (Å²) in [7, 11) is 1.55. The van der Waals surface area contributed by atoms with Crippen molar-refractivity contribution >= 4 is 11.0 Å². The van der Waals surface area contributed by atoms with Crippen molar-refractivity contribution in [3.63, 3.8) is 0 Å². The zero-order valence-electron chi connectivity index (χ0n) is 17.6. The molecule has 2 aromatic carbocycles. The Hall–Kier alpha value is -4.13. The van der Waals surface area contributed by atoms with E-state index in [-0.39, 0.29) is 16.7 Å². The van der Waals surface area contributed by atoms with Crippen LogP contribution in [0, 0.1) is 11.3 Å². The molecule has 0 radical (unpaired) electrons. The Kier molecular flexibility index (Phi) is 5.64. The normalized spacial score (nSPS) is 12.5. The van der Waals surface area contributed by atoms with Crippen molar-refractivity contribution in [1.82, 2.24) is 19.7 Å². The van der Waals surface area contributed by atoms with Gasteiger partial charge in [0.1, 0.15) is 23.0 Å². The van der Waals surface area contributed by atoms with Gasteiger partial charge in [-0.2, -0.15) is 23.5 Å². The van der Waals surface area contributed by atoms with Crippen molar-refractivity contribution in [2.75, 3.05) is 7.11 Å². The third-order valence-electron chi connectivity index (χ3n) is 5.31. The monoisotopic (exact) mass is 453 g/mol. The van der Waals surface area contributed by atoms with Gasteiger partial charge < -0.3 is 9.72 Å². The number of nitriles is 1. The molecule has 0 amide bonds. The Bertz CT molecular complexity index is 1420. The zero-order chi connectivity index (χ0) is 23.8. The summed E-state index contributed by atoms with van der Waals surface area (Å²) in [6.07, 6.45) is -4.15. The van der Waals surface area contributed by atoms with E-state index in [1.54, 1.807) is 20.1 Å². The summed E-state index contributed by atoms with van der Waals surface area (Å²) in [4.78, 5) is 20.0. The summed E-state index contributed by atoms with van der Waals surface area (Å²) < 4.78 is 45.3. The number of aromatic nitrogens is 4. The van der Waals surface area contributed by atoms with Gasteiger partial charge in [0.15, 0.2) is 11.3 Å². The lowest BCUT2D eigenvalue weighted by Gasteiger charge is -2.15. The molecule has 33 heavy (non-hydrogen) atoms. The quantitative estimate of drug-likeness (QED) is 0.488. The highest BCUT2D eigenvalue weighted by Crippen LogP contribution is 2.31. The average Bonchev–Trinajstić information content (AvgIpc) is 3.17. The maximum atomic E-state index is 12.9. The first-order valence-electron chi connectivity index (χ1n) is 9.93. The summed E-state index contributed by atoms with van der Waals surface area (Å²) in [6.45, 7) is 1.71. The summed E-state index contributed by atoms with van der Waals surface area (Å²) in [5.74, 6) is 1.01. The molecule has 0 unspecified atom stereocenters. The van der Waals surface area contributed by atoms with Gasteiger partial charge in [-0.05, 0) is 42.3 Å². The lowest BCUT2D eigenvalue weighted by molar-refractivity contribution is -0.137. The second kappa shape index (κ2) is 8.43. The average molecular weight is 453 g/mol. The van der Waals surface area contributed by atoms with Gasteiger partial charge in [-0.15, -0.1) is 0 Å². The highest BCUT2D eigenvalue weighted by molar-refractivity contribution is 5.80. The van der Waals surface area contributed by atoms with Crippen LogP contribution in [0.5, 0.6) is 5.75 Å². The highest BCUT2D eigenvalue weighted by atomic mass is 19.4. The van der Waals surface area contributed by atoms with E-state index in [1.807, 2.05) is 24.3 Å². The minimum absolute atomic E-state index is 0.0330. The van der Waals surface area contributed by atoms with Crippen LogP contribution in [-0.2, 0) is 12.6 Å². The Morgan fingerprint density at radius 2 is 1.94 bits per heavy atom. The number of hydrogen-bond donors (Lipinski definition) is 1. The van der Waals surface area contributed by atoms with Gasteiger partial charge in [-0.1, -0.05) is 24.3 Å². The molecule has 4 aromatic rings. The minimum Gasteiger partial charge on any atom is -0.497 e. The van der Waals surface area contributed by atoms with Crippen LogP contribution in [0.2, 0.25) is 0 Å². The molecule has 0 bridgehead atoms. The fourth-order valence-electron chi connectivity index (χ4n) is 3.59. The van der Waals surface area contributed by atoms with Crippen LogP contribution in [0.15, 0.2) is 53.3 Å². The molecule has 7 nitrogen and oxygen atoms in total. The smallest absolute Gasteiger partial charge is 0.416 e. The second-order valence-electron chi connectivity index (χ2n) is 7.44. The first-order chi connectivity index (χ1) is 15.7. The van der Waals surface area contributed by atoms with Crippen LogP contribution in [0.4, 0.5) is 13.2 Å². The number of alkyl halides is 3. The third kappa shape index (κ3) is 4.30. The lowest BCUT2D eigenvalue weighted by Crippen LogP contribution is -2.15. The van der Waals surface area contributed by atoms with Gasteiger partial charge >= 0.3 is 6.18 Å². The number of aromatic amines is 1. The molecule has 168 valence electrons. The van der Waals surface area contributed by atoms with Crippen molar-refractivity contribution in [2.45, 2.75) is 25.6 Å². The van der Waals surface area contributed by atoms with E-state index >= 15 is 0 Å². The summed E-state index contributed by atoms with van der Waals surface area (Å²) in [6, 6.07) is 13.3. The summed E-state index contributed by atoms with van der Waals surface area (Å²) in [5.41, 5.74) is 0.163. The first-order valence-corrected chi connectivity index (χ1v) is 9.93. The van der Waals surface area contributed by atoms with E-state index < -0.39 is 23.3 Å². The molecule has 0 fully saturated rings. The molecule has 2 heterocycles. The number of rotatable bonds is 5. The van der Waals surface area contributed by atoms with Crippen LogP contribution in [-0.4, -0.2) is 26.9 Å². The van der Waals surface area contributed by atoms with Gasteiger partial charge in [0.25, 0.3) is 5.56 Å². The number of fused-ring (bicyclic) bond motifs is 1. The van der Waals surface area contributed by atoms with Crippen molar-refractivity contribution in [1.29, 1.82) is 5.26 Å². The van der Waals surface area contributed by atoms with E-state index in [4.69, 9.17) is 4.74 Å². The van der Waals surface area contributed by atoms with Crippen LogP contribution in [0.25, 0.3) is 11.0 Å². The molecule has 1 atom stereocenters. The van der Waals surface area contributed by atoms with Gasteiger partial charge in [-0.25, -0.2) is 9.67 Å². The molecule has 0 spiro atoms. The van der Waals surface area contributed by atoms with Crippen molar-refractivity contribution < 1.29 is 17.9 Å². The number of nitrogens with one attached hydrogen (secondary N) is 1. The molecule has 10 heteroatoms. The fraction of sp³-hybridized carbons (Fsp3) is 0.217. The van der Waals surface area contributed by atoms with Gasteiger partial charge in [0.2, 0.25) is 0 Å². The summed E-state index contributed by atoms with van der Waals surface area (Å²) in [5, 5.41) is 13.7. The number of benzene rings is 2. The highest BCUT2D eigenvalue weighted by Gasteiger charge is 2.30. The van der Waals surface area contributed by atoms with Crippen molar-refractivity contribution in [3.8, 4) is 11.8 Å². The number of hydrogen-bond acceptors (Lipinski definition) is 5. The molecular formula is C23H18F3N5O2.